The second kappa shape index (κ2) is 10.1. The molecular weight excluding hydrogens is 472 g/mol. The number of carbonyl (C=O) groups excluding carboxylic acids is 2. The van der Waals surface area contributed by atoms with Crippen LogP contribution >= 0.6 is 0 Å². The Morgan fingerprint density at radius 3 is 2.51 bits per heavy atom. The predicted molar refractivity (Wildman–Crippen MR) is 142 cm³/mol. The number of H-pyrrole nitrogens is 1. The third kappa shape index (κ3) is 5.57. The molecule has 0 unspecified atom stereocenters. The minimum Gasteiger partial charge on any atom is -0.444 e. The summed E-state index contributed by atoms with van der Waals surface area (Å²) in [6.45, 7) is 6.66. The number of aromatic nitrogens is 3. The first-order valence-corrected chi connectivity index (χ1v) is 13.3. The third-order valence-electron chi connectivity index (χ3n) is 7.22. The van der Waals surface area contributed by atoms with Gasteiger partial charge in [0.1, 0.15) is 11.2 Å². The van der Waals surface area contributed by atoms with E-state index in [1.165, 1.54) is 6.42 Å². The lowest BCUT2D eigenvalue weighted by Gasteiger charge is -2.33. The van der Waals surface area contributed by atoms with Crippen molar-refractivity contribution in [1.29, 1.82) is 0 Å². The number of hydrogen-bond acceptors (Lipinski definition) is 5. The predicted octanol–water partition coefficient (Wildman–Crippen LogP) is 4.74. The average molecular weight is 509 g/mol. The van der Waals surface area contributed by atoms with E-state index in [2.05, 4.69) is 15.6 Å². The van der Waals surface area contributed by atoms with E-state index in [-0.39, 0.29) is 29.6 Å². The van der Waals surface area contributed by atoms with E-state index in [0.29, 0.717) is 48.2 Å². The normalized spacial score (nSPS) is 17.8. The Hall–Kier alpha value is -3.56. The summed E-state index contributed by atoms with van der Waals surface area (Å²) in [5, 5.41) is 11.6. The number of carbonyl (C=O) groups is 2. The summed E-state index contributed by atoms with van der Waals surface area (Å²) in [6.07, 6.45) is 6.57. The molecule has 0 radical (unpaired) electrons. The van der Waals surface area contributed by atoms with Crippen LogP contribution in [0.3, 0.4) is 0 Å². The first kappa shape index (κ1) is 25.1. The van der Waals surface area contributed by atoms with E-state index in [4.69, 9.17) is 9.84 Å². The van der Waals surface area contributed by atoms with E-state index in [0.717, 1.165) is 31.4 Å². The number of fused-ring (bicyclic) bond motifs is 3. The second-order valence-corrected chi connectivity index (χ2v) is 11.2. The number of ether oxygens (including phenoxy) is 1. The van der Waals surface area contributed by atoms with Gasteiger partial charge in [-0.05, 0) is 58.6 Å². The van der Waals surface area contributed by atoms with Crippen LogP contribution in [0.1, 0.15) is 77.3 Å². The fourth-order valence-electron chi connectivity index (χ4n) is 5.46. The van der Waals surface area contributed by atoms with Crippen LogP contribution in [0, 0.1) is 0 Å². The molecule has 2 aromatic heterocycles. The number of nitrogens with zero attached hydrogens (tertiary/aromatic N) is 3. The molecule has 3 heterocycles. The van der Waals surface area contributed by atoms with E-state index in [1.54, 1.807) is 15.5 Å². The summed E-state index contributed by atoms with van der Waals surface area (Å²) in [5.74, 6) is 0.0591. The maximum Gasteiger partial charge on any atom is 0.410 e. The molecule has 198 valence electrons. The molecule has 1 saturated carbocycles. The van der Waals surface area contributed by atoms with Crippen molar-refractivity contribution < 1.29 is 14.3 Å². The van der Waals surface area contributed by atoms with Crippen LogP contribution < -0.4 is 16.2 Å². The molecule has 1 aliphatic heterocycles. The standard InChI is InChI=1S/C27H36N6O4/c1-27(2,3)37-26(36)32-14-12-17(13-15-32)21-16-22(34)30-24-23-19(10-7-11-20(23)31-33(21)24)29-25(35)28-18-8-5-4-6-9-18/h7,10-11,16-18H,4-6,8-9,12-15H2,1-3H3,(H,30,34)(H2,28,29,35). The fraction of sp³-hybridized carbons (Fsp3) is 0.556. The van der Waals surface area contributed by atoms with Gasteiger partial charge >= 0.3 is 12.1 Å². The van der Waals surface area contributed by atoms with Gasteiger partial charge in [-0.1, -0.05) is 25.3 Å². The molecule has 3 N–H and O–H groups in total. The zero-order chi connectivity index (χ0) is 26.2. The number of urea groups is 1. The van der Waals surface area contributed by atoms with Gasteiger partial charge in [0.2, 0.25) is 0 Å². The Kier molecular flexibility index (Phi) is 6.83. The summed E-state index contributed by atoms with van der Waals surface area (Å²) in [4.78, 5) is 42.6. The Labute approximate surface area is 215 Å². The van der Waals surface area contributed by atoms with E-state index >= 15 is 0 Å². The molecule has 10 heteroatoms. The molecule has 10 nitrogen and oxygen atoms in total. The zero-order valence-electron chi connectivity index (χ0n) is 21.8. The van der Waals surface area contributed by atoms with Crippen molar-refractivity contribution in [2.45, 2.75) is 83.3 Å². The van der Waals surface area contributed by atoms with Gasteiger partial charge in [-0.25, -0.2) is 14.1 Å². The van der Waals surface area contributed by atoms with Crippen LogP contribution in [-0.2, 0) is 4.74 Å². The minimum atomic E-state index is -0.541. The Morgan fingerprint density at radius 1 is 1.08 bits per heavy atom. The highest BCUT2D eigenvalue weighted by Gasteiger charge is 2.29. The molecule has 1 saturated heterocycles. The number of rotatable bonds is 3. The number of likely N-dealkylation sites (tertiary alicyclic amines) is 1. The molecule has 3 amide bonds. The van der Waals surface area contributed by atoms with E-state index < -0.39 is 5.60 Å². The highest BCUT2D eigenvalue weighted by Crippen LogP contribution is 2.32. The molecule has 5 rings (SSSR count). The van der Waals surface area contributed by atoms with Crippen molar-refractivity contribution in [1.82, 2.24) is 24.8 Å². The average Bonchev–Trinajstić information content (AvgIpc) is 3.22. The van der Waals surface area contributed by atoms with Crippen molar-refractivity contribution >= 4 is 34.4 Å². The number of nitrogens with one attached hydrogen (secondary N) is 3. The van der Waals surface area contributed by atoms with Crippen LogP contribution in [0.5, 0.6) is 0 Å². The first-order chi connectivity index (χ1) is 17.7. The van der Waals surface area contributed by atoms with Crippen molar-refractivity contribution in [3.63, 3.8) is 0 Å². The lowest BCUT2D eigenvalue weighted by atomic mass is 9.93. The number of amides is 3. The van der Waals surface area contributed by atoms with Crippen LogP contribution in [0.25, 0.3) is 16.6 Å². The third-order valence-corrected chi connectivity index (χ3v) is 7.22. The highest BCUT2D eigenvalue weighted by molar-refractivity contribution is 6.07. The minimum absolute atomic E-state index is 0.0591. The topological polar surface area (TPSA) is 121 Å². The van der Waals surface area contributed by atoms with E-state index in [1.807, 2.05) is 39.0 Å². The van der Waals surface area contributed by atoms with Gasteiger partial charge in [0.25, 0.3) is 5.56 Å². The Bertz CT molecular complexity index is 1360. The Balaban J connectivity index is 1.39. The van der Waals surface area contributed by atoms with Gasteiger partial charge in [-0.2, -0.15) is 5.10 Å². The summed E-state index contributed by atoms with van der Waals surface area (Å²) in [5.41, 5.74) is 1.89. The van der Waals surface area contributed by atoms with Gasteiger partial charge in [-0.15, -0.1) is 0 Å². The molecule has 0 spiro atoms. The molecule has 3 aromatic rings. The monoisotopic (exact) mass is 508 g/mol. The molecule has 0 bridgehead atoms. The maximum absolute atomic E-state index is 12.8. The molecule has 2 fully saturated rings. The van der Waals surface area contributed by atoms with Crippen LogP contribution in [-0.4, -0.2) is 56.4 Å². The number of benzene rings is 1. The van der Waals surface area contributed by atoms with Crippen LogP contribution in [0.4, 0.5) is 15.3 Å². The molecule has 1 aliphatic carbocycles. The maximum atomic E-state index is 12.8. The van der Waals surface area contributed by atoms with Gasteiger partial charge in [0, 0.05) is 31.1 Å². The molecule has 2 aliphatic rings. The lowest BCUT2D eigenvalue weighted by molar-refractivity contribution is 0.0203. The van der Waals surface area contributed by atoms with E-state index in [9.17, 15) is 14.4 Å². The largest absolute Gasteiger partial charge is 0.444 e. The Morgan fingerprint density at radius 2 is 1.81 bits per heavy atom. The van der Waals surface area contributed by atoms with Crippen molar-refractivity contribution in [2.24, 2.45) is 0 Å². The summed E-state index contributed by atoms with van der Waals surface area (Å²) in [6, 6.07) is 7.09. The number of hydrogen-bond donors (Lipinski definition) is 3. The van der Waals surface area contributed by atoms with Gasteiger partial charge in [0.15, 0.2) is 0 Å². The molecule has 37 heavy (non-hydrogen) atoms. The van der Waals surface area contributed by atoms with Gasteiger partial charge in [-0.3, -0.25) is 4.79 Å². The van der Waals surface area contributed by atoms with Crippen LogP contribution in [0.2, 0.25) is 0 Å². The van der Waals surface area contributed by atoms with Crippen LogP contribution in [0.15, 0.2) is 29.1 Å². The smallest absolute Gasteiger partial charge is 0.410 e. The zero-order valence-corrected chi connectivity index (χ0v) is 21.8. The molecular formula is C27H36N6O4. The van der Waals surface area contributed by atoms with Crippen molar-refractivity contribution in [3.8, 4) is 0 Å². The number of anilines is 1. The van der Waals surface area contributed by atoms with Crippen molar-refractivity contribution in [2.75, 3.05) is 18.4 Å². The lowest BCUT2D eigenvalue weighted by Crippen LogP contribution is -2.41. The van der Waals surface area contributed by atoms with Gasteiger partial charge < -0.3 is 25.3 Å². The molecule has 1 aromatic carbocycles. The number of aromatic amines is 1. The quantitative estimate of drug-likeness (QED) is 0.472. The summed E-state index contributed by atoms with van der Waals surface area (Å²) in [7, 11) is 0. The fourth-order valence-corrected chi connectivity index (χ4v) is 5.46. The SMILES string of the molecule is CC(C)(C)OC(=O)N1CCC(c2cc(=O)[nH]c3c4c(NC(=O)NC5CCCCC5)cccc4nn23)CC1. The summed E-state index contributed by atoms with van der Waals surface area (Å²) < 4.78 is 7.30. The first-order valence-electron chi connectivity index (χ1n) is 13.3. The highest BCUT2D eigenvalue weighted by atomic mass is 16.6. The second-order valence-electron chi connectivity index (χ2n) is 11.2. The number of piperidine rings is 1. The summed E-state index contributed by atoms with van der Waals surface area (Å²) >= 11 is 0. The van der Waals surface area contributed by atoms with Gasteiger partial charge in [0.05, 0.1) is 22.3 Å². The molecule has 0 atom stereocenters. The van der Waals surface area contributed by atoms with Crippen molar-refractivity contribution in [3.05, 3.63) is 40.3 Å².